The summed E-state index contributed by atoms with van der Waals surface area (Å²) in [4.78, 5) is 2.46. The Morgan fingerprint density at radius 2 is 1.76 bits per heavy atom. The van der Waals surface area contributed by atoms with Crippen molar-refractivity contribution in [3.05, 3.63) is 24.3 Å². The lowest BCUT2D eigenvalue weighted by atomic mass is 9.89. The summed E-state index contributed by atoms with van der Waals surface area (Å²) in [6.07, 6.45) is 6.68. The lowest BCUT2D eigenvalue weighted by molar-refractivity contribution is 0.135. The minimum atomic E-state index is 0.425. The van der Waals surface area contributed by atoms with Crippen LogP contribution in [0, 0.1) is 5.92 Å². The van der Waals surface area contributed by atoms with Gasteiger partial charge in [-0.05, 0) is 68.8 Å². The van der Waals surface area contributed by atoms with E-state index < -0.39 is 0 Å². The fourth-order valence-corrected chi connectivity index (χ4v) is 3.38. The molecule has 21 heavy (non-hydrogen) atoms. The molecule has 116 valence electrons. The Balaban J connectivity index is 1.56. The van der Waals surface area contributed by atoms with Crippen molar-refractivity contribution in [1.29, 1.82) is 0 Å². The van der Waals surface area contributed by atoms with Gasteiger partial charge in [-0.3, -0.25) is 0 Å². The van der Waals surface area contributed by atoms with Gasteiger partial charge in [0.2, 0.25) is 0 Å². The van der Waals surface area contributed by atoms with Gasteiger partial charge in [0.05, 0.1) is 6.10 Å². The maximum absolute atomic E-state index is 6.14. The molecular weight excluding hydrogens is 260 g/mol. The number of hydrogen-bond donors (Lipinski definition) is 1. The summed E-state index contributed by atoms with van der Waals surface area (Å²) in [6.45, 7) is 6.81. The van der Waals surface area contributed by atoms with E-state index in [4.69, 9.17) is 4.74 Å². The molecule has 1 saturated carbocycles. The first-order valence-corrected chi connectivity index (χ1v) is 8.53. The first-order chi connectivity index (χ1) is 10.3. The SMILES string of the molecule is CC1CCC(Oc2ccc(N3CCCNCC3)cc2)CC1. The second-order valence-electron chi connectivity index (χ2n) is 6.58. The highest BCUT2D eigenvalue weighted by atomic mass is 16.5. The van der Waals surface area contributed by atoms with Crippen LogP contribution in [-0.4, -0.2) is 32.3 Å². The number of benzene rings is 1. The number of hydrogen-bond acceptors (Lipinski definition) is 3. The van der Waals surface area contributed by atoms with Crippen LogP contribution in [-0.2, 0) is 0 Å². The van der Waals surface area contributed by atoms with Gasteiger partial charge in [-0.2, -0.15) is 0 Å². The predicted octanol–water partition coefficient (Wildman–Crippen LogP) is 3.44. The zero-order valence-corrected chi connectivity index (χ0v) is 13.2. The smallest absolute Gasteiger partial charge is 0.119 e. The molecular formula is C18H28N2O. The summed E-state index contributed by atoms with van der Waals surface area (Å²) in [5, 5.41) is 3.45. The number of nitrogens with one attached hydrogen (secondary N) is 1. The average Bonchev–Trinajstić information content (AvgIpc) is 2.80. The molecule has 1 heterocycles. The van der Waals surface area contributed by atoms with Crippen LogP contribution in [0.1, 0.15) is 39.0 Å². The highest BCUT2D eigenvalue weighted by molar-refractivity contribution is 5.49. The van der Waals surface area contributed by atoms with Crippen LogP contribution in [0.4, 0.5) is 5.69 Å². The molecule has 1 aromatic carbocycles. The molecule has 1 aliphatic carbocycles. The number of rotatable bonds is 3. The van der Waals surface area contributed by atoms with Gasteiger partial charge < -0.3 is 15.0 Å². The molecule has 3 rings (SSSR count). The third-order valence-electron chi connectivity index (χ3n) is 4.81. The van der Waals surface area contributed by atoms with Crippen molar-refractivity contribution >= 4 is 5.69 Å². The fourth-order valence-electron chi connectivity index (χ4n) is 3.38. The van der Waals surface area contributed by atoms with E-state index in [1.54, 1.807) is 0 Å². The minimum absolute atomic E-state index is 0.425. The third-order valence-corrected chi connectivity index (χ3v) is 4.81. The van der Waals surface area contributed by atoms with Crippen LogP contribution in [0.25, 0.3) is 0 Å². The molecule has 3 nitrogen and oxygen atoms in total. The highest BCUT2D eigenvalue weighted by Crippen LogP contribution is 2.28. The van der Waals surface area contributed by atoms with Gasteiger partial charge in [-0.1, -0.05) is 6.92 Å². The molecule has 1 aromatic rings. The molecule has 0 atom stereocenters. The summed E-state index contributed by atoms with van der Waals surface area (Å²) in [6, 6.07) is 8.72. The first-order valence-electron chi connectivity index (χ1n) is 8.53. The number of nitrogens with zero attached hydrogens (tertiary/aromatic N) is 1. The Hall–Kier alpha value is -1.22. The van der Waals surface area contributed by atoms with Crippen LogP contribution in [0.3, 0.4) is 0 Å². The largest absolute Gasteiger partial charge is 0.490 e. The Morgan fingerprint density at radius 3 is 2.52 bits per heavy atom. The third kappa shape index (κ3) is 4.13. The summed E-state index contributed by atoms with van der Waals surface area (Å²) < 4.78 is 6.14. The fraction of sp³-hybridized carbons (Fsp3) is 0.667. The molecule has 0 bridgehead atoms. The van der Waals surface area contributed by atoms with Gasteiger partial charge in [0.25, 0.3) is 0 Å². The van der Waals surface area contributed by atoms with Crippen LogP contribution in [0.15, 0.2) is 24.3 Å². The van der Waals surface area contributed by atoms with Crippen molar-refractivity contribution in [2.45, 2.75) is 45.1 Å². The molecule has 3 heteroatoms. The van der Waals surface area contributed by atoms with E-state index in [1.165, 1.54) is 37.8 Å². The van der Waals surface area contributed by atoms with E-state index in [2.05, 4.69) is 41.4 Å². The Kier molecular flexibility index (Phi) is 5.02. The van der Waals surface area contributed by atoms with Gasteiger partial charge in [0.15, 0.2) is 0 Å². The predicted molar refractivity (Wildman–Crippen MR) is 88.2 cm³/mol. The van der Waals surface area contributed by atoms with E-state index in [1.807, 2.05) is 0 Å². The number of anilines is 1. The molecule has 1 saturated heterocycles. The van der Waals surface area contributed by atoms with E-state index in [0.29, 0.717) is 6.10 Å². The zero-order chi connectivity index (χ0) is 14.5. The summed E-state index contributed by atoms with van der Waals surface area (Å²) in [5.41, 5.74) is 1.32. The molecule has 0 spiro atoms. The molecule has 0 aromatic heterocycles. The van der Waals surface area contributed by atoms with Crippen LogP contribution in [0.5, 0.6) is 5.75 Å². The normalized spacial score (nSPS) is 27.2. The standard InChI is InChI=1S/C18H28N2O/c1-15-3-7-17(8-4-15)21-18-9-5-16(6-10-18)20-13-2-11-19-12-14-20/h5-6,9-10,15,17,19H,2-4,7-8,11-14H2,1H3. The Bertz CT molecular complexity index is 415. The molecule has 0 amide bonds. The summed E-state index contributed by atoms with van der Waals surface area (Å²) >= 11 is 0. The molecule has 2 aliphatic rings. The van der Waals surface area contributed by atoms with E-state index in [-0.39, 0.29) is 0 Å². The van der Waals surface area contributed by atoms with Crippen molar-refractivity contribution in [2.75, 3.05) is 31.1 Å². The summed E-state index contributed by atoms with van der Waals surface area (Å²) in [7, 11) is 0. The maximum Gasteiger partial charge on any atom is 0.119 e. The van der Waals surface area contributed by atoms with Crippen molar-refractivity contribution in [3.8, 4) is 5.75 Å². The van der Waals surface area contributed by atoms with Crippen molar-refractivity contribution in [2.24, 2.45) is 5.92 Å². The van der Waals surface area contributed by atoms with Crippen LogP contribution >= 0.6 is 0 Å². The molecule has 1 N–H and O–H groups in total. The minimum Gasteiger partial charge on any atom is -0.490 e. The van der Waals surface area contributed by atoms with Gasteiger partial charge in [-0.25, -0.2) is 0 Å². The monoisotopic (exact) mass is 288 g/mol. The average molecular weight is 288 g/mol. The topological polar surface area (TPSA) is 24.5 Å². The highest BCUT2D eigenvalue weighted by Gasteiger charge is 2.19. The van der Waals surface area contributed by atoms with E-state index in [0.717, 1.165) is 37.8 Å². The molecule has 0 radical (unpaired) electrons. The second-order valence-corrected chi connectivity index (χ2v) is 6.58. The maximum atomic E-state index is 6.14. The Labute approximate surface area is 128 Å². The van der Waals surface area contributed by atoms with Gasteiger partial charge in [0.1, 0.15) is 5.75 Å². The molecule has 1 aliphatic heterocycles. The van der Waals surface area contributed by atoms with E-state index in [9.17, 15) is 0 Å². The van der Waals surface area contributed by atoms with Crippen LogP contribution in [0.2, 0.25) is 0 Å². The van der Waals surface area contributed by atoms with Gasteiger partial charge in [0, 0.05) is 25.3 Å². The number of ether oxygens (including phenoxy) is 1. The van der Waals surface area contributed by atoms with Crippen LogP contribution < -0.4 is 15.0 Å². The lowest BCUT2D eigenvalue weighted by Gasteiger charge is -2.27. The summed E-state index contributed by atoms with van der Waals surface area (Å²) in [5.74, 6) is 1.91. The lowest BCUT2D eigenvalue weighted by Crippen LogP contribution is -2.27. The van der Waals surface area contributed by atoms with Crippen molar-refractivity contribution in [1.82, 2.24) is 5.32 Å². The van der Waals surface area contributed by atoms with Crippen molar-refractivity contribution in [3.63, 3.8) is 0 Å². The van der Waals surface area contributed by atoms with Crippen molar-refractivity contribution < 1.29 is 4.74 Å². The Morgan fingerprint density at radius 1 is 1.00 bits per heavy atom. The van der Waals surface area contributed by atoms with E-state index >= 15 is 0 Å². The van der Waals surface area contributed by atoms with Gasteiger partial charge >= 0.3 is 0 Å². The van der Waals surface area contributed by atoms with Gasteiger partial charge in [-0.15, -0.1) is 0 Å². The zero-order valence-electron chi connectivity index (χ0n) is 13.2. The molecule has 0 unspecified atom stereocenters. The quantitative estimate of drug-likeness (QED) is 0.922. The second kappa shape index (κ2) is 7.17. The molecule has 2 fully saturated rings. The first kappa shape index (κ1) is 14.7.